The minimum atomic E-state index is -1.15. The van der Waals surface area contributed by atoms with Crippen LogP contribution in [-0.4, -0.2) is 31.6 Å². The molecule has 0 unspecified atom stereocenters. The van der Waals surface area contributed by atoms with Gasteiger partial charge in [-0.15, -0.1) is 0 Å². The Morgan fingerprint density at radius 3 is 2.38 bits per heavy atom. The number of hydrogen-bond acceptors (Lipinski definition) is 4. The summed E-state index contributed by atoms with van der Waals surface area (Å²) < 4.78 is 1.82. The first kappa shape index (κ1) is 20.6. The summed E-state index contributed by atoms with van der Waals surface area (Å²) in [6, 6.07) is 16.8. The van der Waals surface area contributed by atoms with Crippen LogP contribution >= 0.6 is 0 Å². The number of nitrogens with one attached hydrogen (secondary N) is 1. The van der Waals surface area contributed by atoms with Gasteiger partial charge in [-0.2, -0.15) is 0 Å². The summed E-state index contributed by atoms with van der Waals surface area (Å²) in [6.07, 6.45) is 10.3. The van der Waals surface area contributed by atoms with Gasteiger partial charge in [0.1, 0.15) is 5.75 Å². The molecule has 0 fully saturated rings. The average Bonchev–Trinajstić information content (AvgIpc) is 3.33. The molecular formula is C25H19N3O4. The number of phenolic OH excluding ortho intramolecular Hbond substituents is 1. The highest BCUT2D eigenvalue weighted by Gasteiger charge is 2.15. The molecule has 2 aromatic heterocycles. The lowest BCUT2D eigenvalue weighted by molar-refractivity contribution is 0.0698. The van der Waals surface area contributed by atoms with E-state index in [1.165, 1.54) is 12.3 Å². The van der Waals surface area contributed by atoms with Crippen molar-refractivity contribution < 1.29 is 19.8 Å². The van der Waals surface area contributed by atoms with Crippen molar-refractivity contribution >= 4 is 29.7 Å². The number of aromatic nitrogens is 2. The predicted octanol–water partition coefficient (Wildman–Crippen LogP) is 4.70. The second kappa shape index (κ2) is 9.01. The largest absolute Gasteiger partial charge is 0.508 e. The summed E-state index contributed by atoms with van der Waals surface area (Å²) in [5.41, 5.74) is 2.63. The van der Waals surface area contributed by atoms with E-state index in [0.717, 1.165) is 5.56 Å². The molecule has 158 valence electrons. The van der Waals surface area contributed by atoms with Gasteiger partial charge in [-0.1, -0.05) is 30.4 Å². The van der Waals surface area contributed by atoms with Crippen molar-refractivity contribution in [3.63, 3.8) is 0 Å². The van der Waals surface area contributed by atoms with Crippen LogP contribution in [0.25, 0.3) is 17.8 Å². The normalized spacial score (nSPS) is 10.9. The van der Waals surface area contributed by atoms with E-state index in [1.54, 1.807) is 54.7 Å². The van der Waals surface area contributed by atoms with Gasteiger partial charge in [-0.25, -0.2) is 4.79 Å². The topological polar surface area (TPSA) is 104 Å². The van der Waals surface area contributed by atoms with E-state index < -0.39 is 11.9 Å². The molecule has 7 heteroatoms. The second-order valence-electron chi connectivity index (χ2n) is 7.01. The molecule has 2 heterocycles. The molecule has 0 spiro atoms. The number of aromatic carboxylic acids is 1. The number of nitrogens with zero attached hydrogens (tertiary/aromatic N) is 2. The predicted molar refractivity (Wildman–Crippen MR) is 122 cm³/mol. The van der Waals surface area contributed by atoms with Crippen LogP contribution in [0.3, 0.4) is 0 Å². The highest BCUT2D eigenvalue weighted by atomic mass is 16.4. The van der Waals surface area contributed by atoms with E-state index in [1.807, 2.05) is 35.2 Å². The van der Waals surface area contributed by atoms with E-state index >= 15 is 0 Å². The van der Waals surface area contributed by atoms with Crippen molar-refractivity contribution in [3.05, 3.63) is 108 Å². The third-order valence-corrected chi connectivity index (χ3v) is 4.75. The molecule has 0 aliphatic heterocycles. The number of pyridine rings is 1. The maximum atomic E-state index is 12.8. The minimum absolute atomic E-state index is 0.0256. The van der Waals surface area contributed by atoms with Crippen molar-refractivity contribution in [1.82, 2.24) is 9.55 Å². The van der Waals surface area contributed by atoms with Gasteiger partial charge in [0.25, 0.3) is 5.91 Å². The second-order valence-corrected chi connectivity index (χ2v) is 7.01. The number of amides is 1. The highest BCUT2D eigenvalue weighted by molar-refractivity contribution is 6.08. The van der Waals surface area contributed by atoms with Crippen LogP contribution in [0.5, 0.6) is 5.75 Å². The van der Waals surface area contributed by atoms with Crippen molar-refractivity contribution in [2.24, 2.45) is 0 Å². The number of aromatic hydroxyl groups is 1. The van der Waals surface area contributed by atoms with E-state index in [0.29, 0.717) is 16.8 Å². The van der Waals surface area contributed by atoms with E-state index in [4.69, 9.17) is 0 Å². The molecule has 2 aromatic carbocycles. The van der Waals surface area contributed by atoms with E-state index in [-0.39, 0.29) is 17.0 Å². The maximum absolute atomic E-state index is 12.8. The molecule has 0 saturated heterocycles. The summed E-state index contributed by atoms with van der Waals surface area (Å²) in [5.74, 6) is -1.47. The molecule has 3 N–H and O–H groups in total. The Hall–Kier alpha value is -4.65. The van der Waals surface area contributed by atoms with Crippen molar-refractivity contribution in [3.8, 4) is 11.4 Å². The zero-order valence-corrected chi connectivity index (χ0v) is 16.8. The quantitative estimate of drug-likeness (QED) is 0.389. The first-order valence-electron chi connectivity index (χ1n) is 9.74. The third kappa shape index (κ3) is 4.73. The first-order chi connectivity index (χ1) is 15.5. The summed E-state index contributed by atoms with van der Waals surface area (Å²) in [7, 11) is 0. The highest BCUT2D eigenvalue weighted by Crippen LogP contribution is 2.22. The van der Waals surface area contributed by atoms with Gasteiger partial charge in [0.15, 0.2) is 0 Å². The molecule has 32 heavy (non-hydrogen) atoms. The van der Waals surface area contributed by atoms with Crippen LogP contribution < -0.4 is 5.32 Å². The fourth-order valence-corrected chi connectivity index (χ4v) is 3.17. The van der Waals surface area contributed by atoms with Gasteiger partial charge >= 0.3 is 5.97 Å². The molecule has 0 aliphatic rings. The van der Waals surface area contributed by atoms with Crippen molar-refractivity contribution in [2.45, 2.75) is 0 Å². The SMILES string of the molecule is O=C(Nc1cc(/C=C/c2cccc(O)c2)ccc1C(=O)O)c1cncc(-n2cccc2)c1. The number of phenols is 1. The number of carboxylic acids is 1. The summed E-state index contributed by atoms with van der Waals surface area (Å²) in [6.45, 7) is 0. The number of carboxylic acid groups (broad SMARTS) is 1. The minimum Gasteiger partial charge on any atom is -0.508 e. The molecule has 4 rings (SSSR count). The average molecular weight is 425 g/mol. The smallest absolute Gasteiger partial charge is 0.337 e. The molecule has 7 nitrogen and oxygen atoms in total. The van der Waals surface area contributed by atoms with Crippen molar-refractivity contribution in [1.29, 1.82) is 0 Å². The van der Waals surface area contributed by atoms with Gasteiger partial charge in [-0.3, -0.25) is 9.78 Å². The van der Waals surface area contributed by atoms with Crippen LogP contribution in [0.2, 0.25) is 0 Å². The molecule has 0 radical (unpaired) electrons. The molecular weight excluding hydrogens is 406 g/mol. The zero-order chi connectivity index (χ0) is 22.5. The molecule has 0 saturated carbocycles. The Labute approximate surface area is 183 Å². The van der Waals surface area contributed by atoms with Crippen LogP contribution in [0.4, 0.5) is 5.69 Å². The van der Waals surface area contributed by atoms with Crippen molar-refractivity contribution in [2.75, 3.05) is 5.32 Å². The Balaban J connectivity index is 1.60. The molecule has 0 aliphatic carbocycles. The Morgan fingerprint density at radius 1 is 0.906 bits per heavy atom. The lowest BCUT2D eigenvalue weighted by Gasteiger charge is -2.11. The van der Waals surface area contributed by atoms with Crippen LogP contribution in [0.15, 0.2) is 85.5 Å². The van der Waals surface area contributed by atoms with Gasteiger partial charge in [0.2, 0.25) is 0 Å². The fourth-order valence-electron chi connectivity index (χ4n) is 3.17. The van der Waals surface area contributed by atoms with Gasteiger partial charge in [-0.05, 0) is 53.6 Å². The van der Waals surface area contributed by atoms with Crippen LogP contribution in [-0.2, 0) is 0 Å². The summed E-state index contributed by atoms with van der Waals surface area (Å²) in [4.78, 5) is 28.6. The van der Waals surface area contributed by atoms with Gasteiger partial charge in [0.05, 0.1) is 28.7 Å². The van der Waals surface area contributed by atoms with Gasteiger partial charge < -0.3 is 20.1 Å². The first-order valence-corrected chi connectivity index (χ1v) is 9.74. The third-order valence-electron chi connectivity index (χ3n) is 4.75. The number of carbonyl (C=O) groups excluding carboxylic acids is 1. The Morgan fingerprint density at radius 2 is 1.66 bits per heavy atom. The zero-order valence-electron chi connectivity index (χ0n) is 16.8. The molecule has 1 amide bonds. The van der Waals surface area contributed by atoms with Crippen LogP contribution in [0, 0.1) is 0 Å². The lowest BCUT2D eigenvalue weighted by Crippen LogP contribution is -2.15. The number of carbonyl (C=O) groups is 2. The monoisotopic (exact) mass is 425 g/mol. The standard InChI is InChI=1S/C25H19N3O4/c29-21-5-3-4-17(12-21)6-7-18-8-9-22(25(31)32)23(13-18)27-24(30)19-14-20(16-26-15-19)28-10-1-2-11-28/h1-16,29H,(H,27,30)(H,31,32)/b7-6+. The number of anilines is 1. The summed E-state index contributed by atoms with van der Waals surface area (Å²) in [5, 5.41) is 21.8. The molecule has 0 atom stereocenters. The van der Waals surface area contributed by atoms with Crippen LogP contribution in [0.1, 0.15) is 31.8 Å². The lowest BCUT2D eigenvalue weighted by atomic mass is 10.1. The Bertz CT molecular complexity index is 1310. The van der Waals surface area contributed by atoms with E-state index in [2.05, 4.69) is 10.3 Å². The number of rotatable bonds is 6. The summed E-state index contributed by atoms with van der Waals surface area (Å²) >= 11 is 0. The number of hydrogen-bond donors (Lipinski definition) is 3. The number of benzene rings is 2. The fraction of sp³-hybridized carbons (Fsp3) is 0. The molecule has 4 aromatic rings. The van der Waals surface area contributed by atoms with E-state index in [9.17, 15) is 19.8 Å². The van der Waals surface area contributed by atoms with Gasteiger partial charge in [0, 0.05) is 18.6 Å². The molecule has 0 bridgehead atoms. The Kier molecular flexibility index (Phi) is 5.81. The maximum Gasteiger partial charge on any atom is 0.337 e.